The van der Waals surface area contributed by atoms with Gasteiger partial charge in [-0.25, -0.2) is 0 Å². The third kappa shape index (κ3) is 1.53. The van der Waals surface area contributed by atoms with Crippen LogP contribution in [0.2, 0.25) is 5.15 Å². The van der Waals surface area contributed by atoms with Crippen molar-refractivity contribution in [1.29, 1.82) is 0 Å². The van der Waals surface area contributed by atoms with Crippen molar-refractivity contribution < 1.29 is 0 Å². The predicted molar refractivity (Wildman–Crippen MR) is 66.8 cm³/mol. The second kappa shape index (κ2) is 3.80. The zero-order valence-electron chi connectivity index (χ0n) is 7.76. The van der Waals surface area contributed by atoms with E-state index >= 15 is 0 Å². The molecule has 0 saturated heterocycles. The van der Waals surface area contributed by atoms with Crippen LogP contribution in [0.25, 0.3) is 16.3 Å². The van der Waals surface area contributed by atoms with Crippen LogP contribution in [-0.4, -0.2) is 19.8 Å². The first kappa shape index (κ1) is 10.2. The van der Waals surface area contributed by atoms with Crippen molar-refractivity contribution in [3.8, 4) is 10.7 Å². The van der Waals surface area contributed by atoms with E-state index in [0.29, 0.717) is 16.6 Å². The van der Waals surface area contributed by atoms with Crippen LogP contribution in [-0.2, 0) is 0 Å². The van der Waals surface area contributed by atoms with Gasteiger partial charge in [0.1, 0.15) is 5.15 Å². The third-order valence-electron chi connectivity index (χ3n) is 2.05. The van der Waals surface area contributed by atoms with Gasteiger partial charge in [-0.1, -0.05) is 11.6 Å². The zero-order valence-corrected chi connectivity index (χ0v) is 10.9. The van der Waals surface area contributed by atoms with E-state index in [9.17, 15) is 0 Å². The predicted octanol–water partition coefficient (Wildman–Crippen LogP) is 3.27. The molecule has 0 saturated carbocycles. The molecule has 0 spiro atoms. The maximum atomic E-state index is 5.85. The molecule has 0 aromatic carbocycles. The number of nitrogens with zero attached hydrogens (tertiary/aromatic N) is 4. The van der Waals surface area contributed by atoms with Crippen LogP contribution in [0.5, 0.6) is 0 Å². The molecule has 3 rings (SSSR count). The van der Waals surface area contributed by atoms with Gasteiger partial charge in [0.05, 0.1) is 4.88 Å². The summed E-state index contributed by atoms with van der Waals surface area (Å²) in [5.41, 5.74) is 0.680. The summed E-state index contributed by atoms with van der Waals surface area (Å²) in [6.07, 6.45) is 0. The molecule has 0 N–H and O–H groups in total. The van der Waals surface area contributed by atoms with E-state index in [1.165, 1.54) is 0 Å². The molecule has 0 unspecified atom stereocenters. The highest BCUT2D eigenvalue weighted by molar-refractivity contribution is 9.10. The molecule has 3 aromatic rings. The lowest BCUT2D eigenvalue weighted by molar-refractivity contribution is 0.938. The Kier molecular flexibility index (Phi) is 2.42. The van der Waals surface area contributed by atoms with E-state index in [1.807, 2.05) is 11.4 Å². The van der Waals surface area contributed by atoms with Crippen molar-refractivity contribution in [3.63, 3.8) is 0 Å². The standard InChI is InChI=1S/C9H4BrClN4S/c10-5-3-4-16-8(5)9-13-12-7-2-1-6(11)14-15(7)9/h1-4H. The van der Waals surface area contributed by atoms with E-state index in [2.05, 4.69) is 31.2 Å². The highest BCUT2D eigenvalue weighted by Gasteiger charge is 2.13. The second-order valence-electron chi connectivity index (χ2n) is 3.05. The molecule has 3 heterocycles. The second-order valence-corrected chi connectivity index (χ2v) is 5.21. The fourth-order valence-electron chi connectivity index (χ4n) is 1.36. The SMILES string of the molecule is Clc1ccc2nnc(-c3sccc3Br)n2n1. The van der Waals surface area contributed by atoms with E-state index in [-0.39, 0.29) is 0 Å². The van der Waals surface area contributed by atoms with Crippen molar-refractivity contribution in [3.05, 3.63) is 33.2 Å². The number of hydrogen-bond acceptors (Lipinski definition) is 4. The van der Waals surface area contributed by atoms with E-state index in [4.69, 9.17) is 11.6 Å². The van der Waals surface area contributed by atoms with E-state index < -0.39 is 0 Å². The summed E-state index contributed by atoms with van der Waals surface area (Å²) in [5.74, 6) is 0.694. The molecule has 4 nitrogen and oxygen atoms in total. The number of rotatable bonds is 1. The number of thiophene rings is 1. The average molecular weight is 316 g/mol. The van der Waals surface area contributed by atoms with E-state index in [1.54, 1.807) is 28.0 Å². The maximum Gasteiger partial charge on any atom is 0.196 e. The van der Waals surface area contributed by atoms with E-state index in [0.717, 1.165) is 9.35 Å². The Labute approximate surface area is 108 Å². The lowest BCUT2D eigenvalue weighted by Gasteiger charge is -1.96. The highest BCUT2D eigenvalue weighted by atomic mass is 79.9. The first-order valence-corrected chi connectivity index (χ1v) is 6.42. The van der Waals surface area contributed by atoms with Gasteiger partial charge in [-0.05, 0) is 39.5 Å². The quantitative estimate of drug-likeness (QED) is 0.692. The van der Waals surface area contributed by atoms with Crippen LogP contribution in [0, 0.1) is 0 Å². The molecule has 0 fully saturated rings. The fraction of sp³-hybridized carbons (Fsp3) is 0. The van der Waals surface area contributed by atoms with Crippen LogP contribution >= 0.6 is 38.9 Å². The monoisotopic (exact) mass is 314 g/mol. The van der Waals surface area contributed by atoms with Gasteiger partial charge in [0.15, 0.2) is 11.5 Å². The lowest BCUT2D eigenvalue weighted by Crippen LogP contribution is -1.93. The summed E-state index contributed by atoms with van der Waals surface area (Å²) in [4.78, 5) is 0.988. The minimum Gasteiger partial charge on any atom is -0.190 e. The molecule has 3 aromatic heterocycles. The molecular formula is C9H4BrClN4S. The van der Waals surface area contributed by atoms with Crippen LogP contribution in [0.4, 0.5) is 0 Å². The van der Waals surface area contributed by atoms with Gasteiger partial charge in [-0.15, -0.1) is 21.5 Å². The lowest BCUT2D eigenvalue weighted by atomic mass is 10.4. The van der Waals surface area contributed by atoms with Gasteiger partial charge in [-0.2, -0.15) is 9.61 Å². The first-order chi connectivity index (χ1) is 7.75. The molecule has 0 radical (unpaired) electrons. The molecule has 0 atom stereocenters. The van der Waals surface area contributed by atoms with Gasteiger partial charge >= 0.3 is 0 Å². The normalized spacial score (nSPS) is 11.1. The Hall–Kier alpha value is -0.980. The van der Waals surface area contributed by atoms with Gasteiger partial charge in [0, 0.05) is 4.47 Å². The Morgan fingerprint density at radius 1 is 1.25 bits per heavy atom. The zero-order chi connectivity index (χ0) is 11.1. The van der Waals surface area contributed by atoms with Crippen molar-refractivity contribution >= 4 is 44.5 Å². The van der Waals surface area contributed by atoms with Crippen LogP contribution in [0.15, 0.2) is 28.1 Å². The maximum absolute atomic E-state index is 5.85. The summed E-state index contributed by atoms with van der Waals surface area (Å²) in [5, 5.41) is 14.7. The van der Waals surface area contributed by atoms with Gasteiger partial charge in [-0.3, -0.25) is 0 Å². The smallest absolute Gasteiger partial charge is 0.190 e. The molecule has 16 heavy (non-hydrogen) atoms. The summed E-state index contributed by atoms with van der Waals surface area (Å²) < 4.78 is 2.62. The minimum atomic E-state index is 0.418. The third-order valence-corrected chi connectivity index (χ3v) is 4.09. The Morgan fingerprint density at radius 3 is 2.88 bits per heavy atom. The van der Waals surface area contributed by atoms with Crippen LogP contribution < -0.4 is 0 Å². The Bertz CT molecular complexity index is 662. The molecule has 7 heteroatoms. The average Bonchev–Trinajstić information content (AvgIpc) is 2.83. The largest absolute Gasteiger partial charge is 0.196 e. The van der Waals surface area contributed by atoms with Crippen molar-refractivity contribution in [2.24, 2.45) is 0 Å². The van der Waals surface area contributed by atoms with Crippen molar-refractivity contribution in [2.75, 3.05) is 0 Å². The summed E-state index contributed by atoms with van der Waals surface area (Å²) in [7, 11) is 0. The minimum absolute atomic E-state index is 0.418. The molecule has 0 amide bonds. The molecular weight excluding hydrogens is 312 g/mol. The van der Waals surface area contributed by atoms with Crippen LogP contribution in [0.3, 0.4) is 0 Å². The fourth-order valence-corrected chi connectivity index (χ4v) is 3.02. The molecule has 0 aliphatic carbocycles. The van der Waals surface area contributed by atoms with Gasteiger partial charge in [0.2, 0.25) is 0 Å². The Morgan fingerprint density at radius 2 is 2.12 bits per heavy atom. The number of fused-ring (bicyclic) bond motifs is 1. The topological polar surface area (TPSA) is 43.1 Å². The van der Waals surface area contributed by atoms with Crippen molar-refractivity contribution in [1.82, 2.24) is 19.8 Å². The summed E-state index contributed by atoms with van der Waals surface area (Å²) >= 11 is 10.9. The van der Waals surface area contributed by atoms with Gasteiger partial charge in [0.25, 0.3) is 0 Å². The molecule has 80 valence electrons. The first-order valence-electron chi connectivity index (χ1n) is 4.37. The number of aromatic nitrogens is 4. The number of hydrogen-bond donors (Lipinski definition) is 0. The van der Waals surface area contributed by atoms with Crippen LogP contribution in [0.1, 0.15) is 0 Å². The Balaban J connectivity index is 2.32. The highest BCUT2D eigenvalue weighted by Crippen LogP contribution is 2.32. The molecule has 0 aliphatic heterocycles. The van der Waals surface area contributed by atoms with Gasteiger partial charge < -0.3 is 0 Å². The summed E-state index contributed by atoms with van der Waals surface area (Å²) in [6.45, 7) is 0. The molecule has 0 bridgehead atoms. The number of halogens is 2. The molecule has 0 aliphatic rings. The summed E-state index contributed by atoms with van der Waals surface area (Å²) in [6, 6.07) is 5.44. The van der Waals surface area contributed by atoms with Crippen molar-refractivity contribution in [2.45, 2.75) is 0 Å².